The summed E-state index contributed by atoms with van der Waals surface area (Å²) in [4.78, 5) is 4.59. The van der Waals surface area contributed by atoms with Crippen molar-refractivity contribution in [2.24, 2.45) is 16.7 Å². The number of piperazine rings is 1. The highest BCUT2D eigenvalue weighted by Gasteiger charge is 2.60. The topological polar surface area (TPSA) is 56.2 Å². The minimum atomic E-state index is -0.409. The molecule has 2 bridgehead atoms. The average molecular weight is 413 g/mol. The Kier molecular flexibility index (Phi) is 9.14. The highest BCUT2D eigenvalue weighted by molar-refractivity contribution is 5.85. The molecule has 5 nitrogen and oxygen atoms in total. The van der Waals surface area contributed by atoms with Crippen LogP contribution in [0.2, 0.25) is 0 Å². The molecule has 0 amide bonds. The third kappa shape index (κ3) is 5.05. The molecule has 2 aliphatic carbocycles. The molecule has 0 aromatic rings. The first-order valence-electron chi connectivity index (χ1n) is 9.70. The Labute approximate surface area is 171 Å². The van der Waals surface area contributed by atoms with Crippen molar-refractivity contribution >= 4 is 24.8 Å². The predicted molar refractivity (Wildman–Crippen MR) is 109 cm³/mol. The predicted octanol–water partition coefficient (Wildman–Crippen LogP) is 2.03. The van der Waals surface area contributed by atoms with E-state index < -0.39 is 6.10 Å². The van der Waals surface area contributed by atoms with E-state index in [1.165, 1.54) is 19.3 Å². The van der Waals surface area contributed by atoms with E-state index in [1.54, 1.807) is 0 Å². The van der Waals surface area contributed by atoms with E-state index in [1.807, 2.05) is 0 Å². The first-order valence-corrected chi connectivity index (χ1v) is 9.70. The SMILES string of the molecule is CC12CCC(C1)C(C)(C)C2OCC(O)CN1CCN(CCO)CC1.Cl.Cl. The van der Waals surface area contributed by atoms with Gasteiger partial charge in [0.15, 0.2) is 0 Å². The minimum absolute atomic E-state index is 0. The number of aliphatic hydroxyl groups is 2. The molecule has 0 radical (unpaired) electrons. The number of aliphatic hydroxyl groups excluding tert-OH is 2. The number of fused-ring (bicyclic) bond motifs is 2. The van der Waals surface area contributed by atoms with E-state index >= 15 is 0 Å². The van der Waals surface area contributed by atoms with Crippen molar-refractivity contribution in [2.75, 3.05) is 52.5 Å². The van der Waals surface area contributed by atoms with Crippen molar-refractivity contribution in [3.05, 3.63) is 0 Å². The number of β-amino-alcohol motifs (C(OH)–C–C–N with tert-alkyl or cyclic N) is 2. The molecule has 2 N–H and O–H groups in total. The second kappa shape index (κ2) is 9.73. The van der Waals surface area contributed by atoms with Gasteiger partial charge < -0.3 is 14.9 Å². The molecule has 1 heterocycles. The van der Waals surface area contributed by atoms with Gasteiger partial charge in [-0.2, -0.15) is 0 Å². The lowest BCUT2D eigenvalue weighted by atomic mass is 9.70. The zero-order valence-electron chi connectivity index (χ0n) is 16.5. The van der Waals surface area contributed by atoms with E-state index in [0.717, 1.165) is 38.6 Å². The third-order valence-electron chi connectivity index (χ3n) is 6.94. The van der Waals surface area contributed by atoms with E-state index in [-0.39, 0.29) is 42.9 Å². The van der Waals surface area contributed by atoms with Gasteiger partial charge in [0.2, 0.25) is 0 Å². The van der Waals surface area contributed by atoms with Crippen LogP contribution in [-0.4, -0.2) is 84.7 Å². The van der Waals surface area contributed by atoms with E-state index in [0.29, 0.717) is 18.6 Å². The Morgan fingerprint density at radius 2 is 1.69 bits per heavy atom. The molecule has 0 aromatic carbocycles. The summed E-state index contributed by atoms with van der Waals surface area (Å²) in [5.74, 6) is 0.782. The molecule has 1 aliphatic heterocycles. The van der Waals surface area contributed by atoms with Gasteiger partial charge in [-0.25, -0.2) is 0 Å². The molecule has 0 aromatic heterocycles. The molecule has 3 aliphatic rings. The number of halogens is 2. The summed E-state index contributed by atoms with van der Waals surface area (Å²) in [6.07, 6.45) is 3.76. The molecule has 156 valence electrons. The maximum atomic E-state index is 10.4. The number of hydrogen-bond acceptors (Lipinski definition) is 5. The summed E-state index contributed by atoms with van der Waals surface area (Å²) in [6.45, 7) is 13.1. The van der Waals surface area contributed by atoms with Crippen LogP contribution in [0.25, 0.3) is 0 Å². The fourth-order valence-electron chi connectivity index (χ4n) is 5.57. The quantitative estimate of drug-likeness (QED) is 0.669. The molecular weight excluding hydrogens is 375 g/mol. The lowest BCUT2D eigenvalue weighted by Gasteiger charge is -2.43. The number of rotatable bonds is 7. The normalized spacial score (nSPS) is 35.0. The summed E-state index contributed by atoms with van der Waals surface area (Å²) in [5.41, 5.74) is 0.548. The molecule has 2 saturated carbocycles. The summed E-state index contributed by atoms with van der Waals surface area (Å²) >= 11 is 0. The fourth-order valence-corrected chi connectivity index (χ4v) is 5.57. The van der Waals surface area contributed by atoms with Crippen molar-refractivity contribution in [1.29, 1.82) is 0 Å². The van der Waals surface area contributed by atoms with Crippen LogP contribution in [0.5, 0.6) is 0 Å². The second-order valence-corrected chi connectivity index (χ2v) is 9.15. The van der Waals surface area contributed by atoms with Crippen LogP contribution in [-0.2, 0) is 4.74 Å². The van der Waals surface area contributed by atoms with Crippen LogP contribution < -0.4 is 0 Å². The van der Waals surface area contributed by atoms with Crippen LogP contribution in [0.1, 0.15) is 40.0 Å². The maximum absolute atomic E-state index is 10.4. The summed E-state index contributed by atoms with van der Waals surface area (Å²) in [5, 5.41) is 19.4. The van der Waals surface area contributed by atoms with Gasteiger partial charge in [0.1, 0.15) is 0 Å². The van der Waals surface area contributed by atoms with Crippen molar-refractivity contribution in [2.45, 2.75) is 52.2 Å². The van der Waals surface area contributed by atoms with Gasteiger partial charge in [-0.1, -0.05) is 20.8 Å². The van der Waals surface area contributed by atoms with Crippen molar-refractivity contribution < 1.29 is 14.9 Å². The highest BCUT2D eigenvalue weighted by atomic mass is 35.5. The number of nitrogens with zero attached hydrogens (tertiary/aromatic N) is 2. The Morgan fingerprint density at radius 1 is 1.08 bits per heavy atom. The van der Waals surface area contributed by atoms with E-state index in [2.05, 4.69) is 30.6 Å². The standard InChI is InChI=1S/C19H36N2O3.2ClH/c1-18(2)15-4-5-19(3,12-15)17(18)24-14-16(23)13-21-8-6-20(7-9-21)10-11-22;;/h15-17,22-23H,4-14H2,1-3H3;2*1H. The van der Waals surface area contributed by atoms with Crippen molar-refractivity contribution in [3.8, 4) is 0 Å². The van der Waals surface area contributed by atoms with Gasteiger partial charge in [0, 0.05) is 39.3 Å². The largest absolute Gasteiger partial charge is 0.395 e. The average Bonchev–Trinajstić information content (AvgIpc) is 3.00. The molecule has 3 fully saturated rings. The van der Waals surface area contributed by atoms with Gasteiger partial charge in [-0.15, -0.1) is 24.8 Å². The summed E-state index contributed by atoms with van der Waals surface area (Å²) < 4.78 is 6.30. The van der Waals surface area contributed by atoms with E-state index in [4.69, 9.17) is 9.84 Å². The smallest absolute Gasteiger partial charge is 0.0900 e. The third-order valence-corrected chi connectivity index (χ3v) is 6.94. The molecule has 1 saturated heterocycles. The van der Waals surface area contributed by atoms with Gasteiger partial charge >= 0.3 is 0 Å². The molecule has 26 heavy (non-hydrogen) atoms. The minimum Gasteiger partial charge on any atom is -0.395 e. The molecule has 3 rings (SSSR count). The van der Waals surface area contributed by atoms with Gasteiger partial charge in [0.05, 0.1) is 25.4 Å². The van der Waals surface area contributed by atoms with Gasteiger partial charge in [-0.3, -0.25) is 9.80 Å². The summed E-state index contributed by atoms with van der Waals surface area (Å²) in [7, 11) is 0. The van der Waals surface area contributed by atoms with Crippen LogP contribution in [0.3, 0.4) is 0 Å². The Morgan fingerprint density at radius 3 is 2.23 bits per heavy atom. The van der Waals surface area contributed by atoms with Crippen molar-refractivity contribution in [1.82, 2.24) is 9.80 Å². The number of hydrogen-bond donors (Lipinski definition) is 2. The molecule has 4 unspecified atom stereocenters. The zero-order chi connectivity index (χ0) is 17.4. The second-order valence-electron chi connectivity index (χ2n) is 9.15. The molecule has 0 spiro atoms. The highest BCUT2D eigenvalue weighted by Crippen LogP contribution is 2.63. The Hall–Kier alpha value is 0.380. The maximum Gasteiger partial charge on any atom is 0.0900 e. The molecular formula is C19H38Cl2N2O3. The summed E-state index contributed by atoms with van der Waals surface area (Å²) in [6, 6.07) is 0. The van der Waals surface area contributed by atoms with Crippen LogP contribution in [0.15, 0.2) is 0 Å². The molecule has 4 atom stereocenters. The van der Waals surface area contributed by atoms with Crippen molar-refractivity contribution in [3.63, 3.8) is 0 Å². The Bertz CT molecular complexity index is 428. The number of ether oxygens (including phenoxy) is 1. The van der Waals surface area contributed by atoms with Gasteiger partial charge in [0.25, 0.3) is 0 Å². The first kappa shape index (κ1) is 24.4. The first-order chi connectivity index (χ1) is 11.3. The fraction of sp³-hybridized carbons (Fsp3) is 1.00. The Balaban J connectivity index is 0.00000169. The van der Waals surface area contributed by atoms with E-state index in [9.17, 15) is 5.11 Å². The van der Waals surface area contributed by atoms with Crippen LogP contribution in [0, 0.1) is 16.7 Å². The molecule has 7 heteroatoms. The lowest BCUT2D eigenvalue weighted by Crippen LogP contribution is -2.50. The lowest BCUT2D eigenvalue weighted by molar-refractivity contribution is -0.114. The van der Waals surface area contributed by atoms with Crippen LogP contribution in [0.4, 0.5) is 0 Å². The van der Waals surface area contributed by atoms with Crippen LogP contribution >= 0.6 is 24.8 Å². The monoisotopic (exact) mass is 412 g/mol. The van der Waals surface area contributed by atoms with Gasteiger partial charge in [-0.05, 0) is 36.0 Å². The zero-order valence-corrected chi connectivity index (χ0v) is 18.2.